The Balaban J connectivity index is 1.94. The molecular weight excluding hydrogens is 328 g/mol. The molecule has 1 aliphatic rings. The SMILES string of the molecule is CCN=C(N)S[C@@H]1CC(O)[C@H](O)C(C(O)CCc2ccccc2)O1. The minimum Gasteiger partial charge on any atom is -0.390 e. The van der Waals surface area contributed by atoms with Crippen LogP contribution < -0.4 is 5.73 Å². The number of aliphatic imine (C=N–C) groups is 1. The highest BCUT2D eigenvalue weighted by molar-refractivity contribution is 8.14. The van der Waals surface area contributed by atoms with Gasteiger partial charge in [0.25, 0.3) is 0 Å². The quantitative estimate of drug-likeness (QED) is 0.446. The van der Waals surface area contributed by atoms with E-state index in [0.717, 1.165) is 5.56 Å². The second-order valence-corrected chi connectivity index (χ2v) is 7.03. The first-order chi connectivity index (χ1) is 11.5. The van der Waals surface area contributed by atoms with Crippen LogP contribution in [-0.4, -0.2) is 56.9 Å². The molecule has 1 saturated heterocycles. The van der Waals surface area contributed by atoms with Crippen LogP contribution in [-0.2, 0) is 11.2 Å². The highest BCUT2D eigenvalue weighted by Gasteiger charge is 2.40. The van der Waals surface area contributed by atoms with Gasteiger partial charge in [0.1, 0.15) is 17.6 Å². The van der Waals surface area contributed by atoms with E-state index in [4.69, 9.17) is 10.5 Å². The summed E-state index contributed by atoms with van der Waals surface area (Å²) in [4.78, 5) is 4.08. The average Bonchev–Trinajstić information content (AvgIpc) is 2.57. The van der Waals surface area contributed by atoms with Crippen LogP contribution in [0.1, 0.15) is 25.3 Å². The molecule has 6 nitrogen and oxygen atoms in total. The van der Waals surface area contributed by atoms with Gasteiger partial charge in [0.2, 0.25) is 0 Å². The molecule has 0 spiro atoms. The van der Waals surface area contributed by atoms with Crippen LogP contribution in [0.15, 0.2) is 35.3 Å². The molecule has 0 radical (unpaired) electrons. The molecule has 134 valence electrons. The number of hydrogen-bond donors (Lipinski definition) is 4. The number of ether oxygens (including phenoxy) is 1. The third-order valence-electron chi connectivity index (χ3n) is 3.99. The molecule has 0 aromatic heterocycles. The molecule has 1 aliphatic heterocycles. The summed E-state index contributed by atoms with van der Waals surface area (Å²) in [5.41, 5.74) is 6.45. The lowest BCUT2D eigenvalue weighted by Gasteiger charge is -2.39. The van der Waals surface area contributed by atoms with Crippen LogP contribution in [0.5, 0.6) is 0 Å². The predicted molar refractivity (Wildman–Crippen MR) is 95.8 cm³/mol. The van der Waals surface area contributed by atoms with Crippen LogP contribution in [0.25, 0.3) is 0 Å². The Morgan fingerprint density at radius 2 is 2.08 bits per heavy atom. The van der Waals surface area contributed by atoms with E-state index in [1.54, 1.807) is 0 Å². The predicted octanol–water partition coefficient (Wildman–Crippen LogP) is 0.885. The van der Waals surface area contributed by atoms with Crippen molar-refractivity contribution in [3.8, 4) is 0 Å². The Labute approximate surface area is 146 Å². The van der Waals surface area contributed by atoms with Crippen molar-refractivity contribution in [3.05, 3.63) is 35.9 Å². The van der Waals surface area contributed by atoms with E-state index in [-0.39, 0.29) is 6.42 Å². The van der Waals surface area contributed by atoms with Gasteiger partial charge in [-0.05, 0) is 25.3 Å². The van der Waals surface area contributed by atoms with E-state index in [1.165, 1.54) is 11.8 Å². The van der Waals surface area contributed by atoms with Gasteiger partial charge >= 0.3 is 0 Å². The molecule has 1 fully saturated rings. The maximum Gasteiger partial charge on any atom is 0.156 e. The van der Waals surface area contributed by atoms with Crippen LogP contribution in [0, 0.1) is 0 Å². The van der Waals surface area contributed by atoms with E-state index < -0.39 is 29.9 Å². The molecular formula is C17H26N2O4S. The van der Waals surface area contributed by atoms with Crippen LogP contribution >= 0.6 is 11.8 Å². The van der Waals surface area contributed by atoms with Gasteiger partial charge < -0.3 is 25.8 Å². The number of thioether (sulfide) groups is 1. The van der Waals surface area contributed by atoms with E-state index >= 15 is 0 Å². The smallest absolute Gasteiger partial charge is 0.156 e. The molecule has 0 amide bonds. The van der Waals surface area contributed by atoms with Crippen molar-refractivity contribution in [2.75, 3.05) is 6.54 Å². The summed E-state index contributed by atoms with van der Waals surface area (Å²) in [7, 11) is 0. The van der Waals surface area contributed by atoms with E-state index in [2.05, 4.69) is 4.99 Å². The fourth-order valence-corrected chi connectivity index (χ4v) is 3.66. The normalized spacial score (nSPS) is 29.4. The molecule has 1 aromatic rings. The topological polar surface area (TPSA) is 108 Å². The Kier molecular flexibility index (Phi) is 7.51. The number of hydrogen-bond acceptors (Lipinski definition) is 6. The number of rotatable bonds is 6. The van der Waals surface area contributed by atoms with Gasteiger partial charge in [0.05, 0.1) is 12.2 Å². The van der Waals surface area contributed by atoms with Gasteiger partial charge in [-0.2, -0.15) is 0 Å². The standard InChI is InChI=1S/C17H26N2O4S/c1-2-19-17(18)24-14-10-13(21)15(22)16(23-14)12(20)9-8-11-6-4-3-5-7-11/h3-7,12-16,20-22H,2,8-10H2,1H3,(H2,18,19)/t12?,13?,14-,15+,16?/m1/s1. The lowest BCUT2D eigenvalue weighted by Crippen LogP contribution is -2.53. The van der Waals surface area contributed by atoms with Crippen molar-refractivity contribution >= 4 is 16.9 Å². The summed E-state index contributed by atoms with van der Waals surface area (Å²) >= 11 is 1.21. The zero-order chi connectivity index (χ0) is 17.5. The van der Waals surface area contributed by atoms with Gasteiger partial charge in [-0.3, -0.25) is 4.99 Å². The van der Waals surface area contributed by atoms with Gasteiger partial charge in [-0.25, -0.2) is 0 Å². The summed E-state index contributed by atoms with van der Waals surface area (Å²) in [6.07, 6.45) is -2.43. The Hall–Kier alpha value is -1.12. The molecule has 7 heteroatoms. The van der Waals surface area contributed by atoms with Gasteiger partial charge in [-0.1, -0.05) is 42.1 Å². The minimum atomic E-state index is -1.11. The van der Waals surface area contributed by atoms with Crippen molar-refractivity contribution in [2.24, 2.45) is 10.7 Å². The monoisotopic (exact) mass is 354 g/mol. The largest absolute Gasteiger partial charge is 0.390 e. The van der Waals surface area contributed by atoms with Crippen molar-refractivity contribution in [2.45, 2.75) is 56.0 Å². The van der Waals surface area contributed by atoms with E-state index in [0.29, 0.717) is 24.6 Å². The summed E-state index contributed by atoms with van der Waals surface area (Å²) in [5.74, 6) is 0. The third kappa shape index (κ3) is 5.46. The first-order valence-electron chi connectivity index (χ1n) is 8.21. The molecule has 0 bridgehead atoms. The van der Waals surface area contributed by atoms with Crippen molar-refractivity contribution in [1.82, 2.24) is 0 Å². The zero-order valence-corrected chi connectivity index (χ0v) is 14.6. The maximum atomic E-state index is 10.4. The number of aryl methyl sites for hydroxylation is 1. The number of nitrogens with two attached hydrogens (primary N) is 1. The number of nitrogens with zero attached hydrogens (tertiary/aromatic N) is 1. The minimum absolute atomic E-state index is 0.244. The first kappa shape index (κ1) is 19.2. The average molecular weight is 354 g/mol. The number of aliphatic hydroxyl groups is 3. The van der Waals surface area contributed by atoms with Gasteiger partial charge in [-0.15, -0.1) is 0 Å². The summed E-state index contributed by atoms with van der Waals surface area (Å²) in [6.45, 7) is 2.45. The molecule has 5 N–H and O–H groups in total. The molecule has 0 saturated carbocycles. The first-order valence-corrected chi connectivity index (χ1v) is 9.09. The second kappa shape index (κ2) is 9.39. The Morgan fingerprint density at radius 1 is 1.38 bits per heavy atom. The van der Waals surface area contributed by atoms with E-state index in [1.807, 2.05) is 37.3 Å². The highest BCUT2D eigenvalue weighted by Crippen LogP contribution is 2.30. The van der Waals surface area contributed by atoms with Gasteiger partial charge in [0.15, 0.2) is 5.17 Å². The van der Waals surface area contributed by atoms with Crippen LogP contribution in [0.3, 0.4) is 0 Å². The molecule has 2 rings (SSSR count). The number of aliphatic hydroxyl groups excluding tert-OH is 3. The lowest BCUT2D eigenvalue weighted by atomic mass is 9.94. The molecule has 24 heavy (non-hydrogen) atoms. The van der Waals surface area contributed by atoms with Crippen molar-refractivity contribution < 1.29 is 20.1 Å². The van der Waals surface area contributed by atoms with Crippen LogP contribution in [0.2, 0.25) is 0 Å². The molecule has 0 aliphatic carbocycles. The lowest BCUT2D eigenvalue weighted by molar-refractivity contribution is -0.179. The fraction of sp³-hybridized carbons (Fsp3) is 0.588. The van der Waals surface area contributed by atoms with Crippen molar-refractivity contribution in [3.63, 3.8) is 0 Å². The fourth-order valence-electron chi connectivity index (χ4n) is 2.71. The third-order valence-corrected chi connectivity index (χ3v) is 4.93. The molecule has 3 unspecified atom stereocenters. The molecule has 5 atom stereocenters. The highest BCUT2D eigenvalue weighted by atomic mass is 32.2. The maximum absolute atomic E-state index is 10.4. The van der Waals surface area contributed by atoms with Crippen molar-refractivity contribution in [1.29, 1.82) is 0 Å². The summed E-state index contributed by atoms with van der Waals surface area (Å²) in [6, 6.07) is 9.80. The Bertz CT molecular complexity index is 529. The van der Waals surface area contributed by atoms with E-state index in [9.17, 15) is 15.3 Å². The molecule has 1 aromatic carbocycles. The number of benzene rings is 1. The summed E-state index contributed by atoms with van der Waals surface area (Å²) in [5, 5.41) is 31.0. The van der Waals surface area contributed by atoms with Gasteiger partial charge in [0, 0.05) is 13.0 Å². The number of amidine groups is 1. The van der Waals surface area contributed by atoms with Crippen LogP contribution in [0.4, 0.5) is 0 Å². The molecule has 1 heterocycles. The Morgan fingerprint density at radius 3 is 2.75 bits per heavy atom. The second-order valence-electron chi connectivity index (χ2n) is 5.85. The zero-order valence-electron chi connectivity index (χ0n) is 13.8. The summed E-state index contributed by atoms with van der Waals surface area (Å²) < 4.78 is 5.78.